The highest BCUT2D eigenvalue weighted by atomic mass is 16.6. The molecule has 1 amide bonds. The number of hydrogen-bond acceptors (Lipinski definition) is 4. The van der Waals surface area contributed by atoms with Gasteiger partial charge in [0.25, 0.3) is 0 Å². The summed E-state index contributed by atoms with van der Waals surface area (Å²) < 4.78 is 16.0. The molecule has 1 aromatic rings. The second kappa shape index (κ2) is 5.81. The van der Waals surface area contributed by atoms with Gasteiger partial charge in [-0.25, -0.2) is 4.79 Å². The Morgan fingerprint density at radius 2 is 1.95 bits per heavy atom. The highest BCUT2D eigenvalue weighted by Crippen LogP contribution is 2.42. The summed E-state index contributed by atoms with van der Waals surface area (Å²) in [5, 5.41) is 0. The summed E-state index contributed by atoms with van der Waals surface area (Å²) in [4.78, 5) is 13.8. The van der Waals surface area contributed by atoms with Crippen LogP contribution in [-0.4, -0.2) is 43.6 Å². The van der Waals surface area contributed by atoms with Crippen molar-refractivity contribution < 1.29 is 19.0 Å². The molecule has 20 heavy (non-hydrogen) atoms. The van der Waals surface area contributed by atoms with Crippen LogP contribution in [0, 0.1) is 0 Å². The van der Waals surface area contributed by atoms with Crippen molar-refractivity contribution in [3.8, 4) is 0 Å². The first-order valence-corrected chi connectivity index (χ1v) is 6.59. The molecule has 0 radical (unpaired) electrons. The molecule has 5 heteroatoms. The average Bonchev–Trinajstić information content (AvgIpc) is 2.66. The normalized spacial score (nSPS) is 22.7. The van der Waals surface area contributed by atoms with E-state index in [9.17, 15) is 4.79 Å². The van der Waals surface area contributed by atoms with Gasteiger partial charge in [0.1, 0.15) is 11.6 Å². The number of nitrogens with zero attached hydrogens (tertiary/aromatic N) is 1. The van der Waals surface area contributed by atoms with Crippen LogP contribution in [0.3, 0.4) is 0 Å². The third-order valence-corrected chi connectivity index (χ3v) is 3.50. The largest absolute Gasteiger partial charge is 0.441 e. The minimum absolute atomic E-state index is 0.212. The Balaban J connectivity index is 2.39. The molecule has 1 aliphatic heterocycles. The summed E-state index contributed by atoms with van der Waals surface area (Å²) in [5.74, 6) is 0. The van der Waals surface area contributed by atoms with Crippen LogP contribution in [0.25, 0.3) is 0 Å². The van der Waals surface area contributed by atoms with Gasteiger partial charge in [-0.1, -0.05) is 30.3 Å². The molecule has 1 aliphatic rings. The lowest BCUT2D eigenvalue weighted by Crippen LogP contribution is -2.44. The minimum atomic E-state index is -0.622. The molecule has 1 aromatic carbocycles. The van der Waals surface area contributed by atoms with Gasteiger partial charge in [-0.05, 0) is 19.4 Å². The van der Waals surface area contributed by atoms with E-state index in [1.807, 2.05) is 44.2 Å². The van der Waals surface area contributed by atoms with E-state index in [-0.39, 0.29) is 12.1 Å². The number of methoxy groups -OCH3 is 2. The molecule has 5 nitrogen and oxygen atoms in total. The lowest BCUT2D eigenvalue weighted by molar-refractivity contribution is -0.0653. The van der Waals surface area contributed by atoms with Crippen LogP contribution in [0.5, 0.6) is 0 Å². The molecule has 110 valence electrons. The fourth-order valence-electron chi connectivity index (χ4n) is 2.66. The zero-order valence-electron chi connectivity index (χ0n) is 12.3. The van der Waals surface area contributed by atoms with Gasteiger partial charge in [-0.3, -0.25) is 4.90 Å². The molecule has 1 heterocycles. The van der Waals surface area contributed by atoms with Gasteiger partial charge in [-0.15, -0.1) is 0 Å². The van der Waals surface area contributed by atoms with Crippen molar-refractivity contribution in [2.24, 2.45) is 0 Å². The van der Waals surface area contributed by atoms with Crippen molar-refractivity contribution >= 4 is 6.09 Å². The number of carbonyl (C=O) groups is 1. The fraction of sp³-hybridized carbons (Fsp3) is 0.533. The standard InChI is InChI=1S/C15H21NO4/c1-15(2)13(11-8-6-5-7-9-11)16(14(17)20-15)12(19-4)10-18-3/h5-9,12-13H,10H2,1-4H3. The number of amides is 1. The van der Waals surface area contributed by atoms with Crippen LogP contribution in [0.2, 0.25) is 0 Å². The number of cyclic esters (lactones) is 1. The maximum atomic E-state index is 12.2. The van der Waals surface area contributed by atoms with E-state index in [0.717, 1.165) is 5.56 Å². The third kappa shape index (κ3) is 2.64. The van der Waals surface area contributed by atoms with Gasteiger partial charge in [0.15, 0.2) is 6.23 Å². The van der Waals surface area contributed by atoms with E-state index >= 15 is 0 Å². The first-order valence-electron chi connectivity index (χ1n) is 6.59. The van der Waals surface area contributed by atoms with Crippen LogP contribution < -0.4 is 0 Å². The Hall–Kier alpha value is -1.59. The lowest BCUT2D eigenvalue weighted by atomic mass is 9.91. The molecule has 0 aromatic heterocycles. The zero-order chi connectivity index (χ0) is 14.8. The molecule has 0 aliphatic carbocycles. The van der Waals surface area contributed by atoms with Crippen LogP contribution in [0.15, 0.2) is 30.3 Å². The monoisotopic (exact) mass is 279 g/mol. The minimum Gasteiger partial charge on any atom is -0.441 e. The summed E-state index contributed by atoms with van der Waals surface area (Å²) in [7, 11) is 3.14. The van der Waals surface area contributed by atoms with E-state index < -0.39 is 11.8 Å². The number of carbonyl (C=O) groups excluding carboxylic acids is 1. The van der Waals surface area contributed by atoms with Crippen molar-refractivity contribution in [1.29, 1.82) is 0 Å². The van der Waals surface area contributed by atoms with Gasteiger partial charge < -0.3 is 14.2 Å². The second-order valence-corrected chi connectivity index (χ2v) is 5.34. The topological polar surface area (TPSA) is 48.0 Å². The first-order chi connectivity index (χ1) is 9.51. The Bertz CT molecular complexity index is 460. The van der Waals surface area contributed by atoms with Gasteiger partial charge in [-0.2, -0.15) is 0 Å². The van der Waals surface area contributed by atoms with E-state index in [1.165, 1.54) is 0 Å². The summed E-state index contributed by atoms with van der Waals surface area (Å²) in [6, 6.07) is 9.61. The molecule has 2 unspecified atom stereocenters. The summed E-state index contributed by atoms with van der Waals surface area (Å²) in [6.07, 6.45) is -0.854. The highest BCUT2D eigenvalue weighted by molar-refractivity contribution is 5.72. The summed E-state index contributed by atoms with van der Waals surface area (Å²) in [6.45, 7) is 4.11. The molecule has 2 atom stereocenters. The average molecular weight is 279 g/mol. The van der Waals surface area contributed by atoms with E-state index in [2.05, 4.69) is 0 Å². The Labute approximate surface area is 119 Å². The van der Waals surface area contributed by atoms with Gasteiger partial charge in [0.05, 0.1) is 6.61 Å². The summed E-state index contributed by atoms with van der Waals surface area (Å²) in [5.41, 5.74) is 0.393. The smallest absolute Gasteiger partial charge is 0.413 e. The van der Waals surface area contributed by atoms with E-state index in [1.54, 1.807) is 19.1 Å². The van der Waals surface area contributed by atoms with E-state index in [4.69, 9.17) is 14.2 Å². The lowest BCUT2D eigenvalue weighted by Gasteiger charge is -2.33. The summed E-state index contributed by atoms with van der Waals surface area (Å²) >= 11 is 0. The maximum absolute atomic E-state index is 12.2. The molecule has 0 saturated carbocycles. The maximum Gasteiger partial charge on any atom is 0.413 e. The molecular weight excluding hydrogens is 258 g/mol. The quantitative estimate of drug-likeness (QED) is 0.831. The Kier molecular flexibility index (Phi) is 4.30. The molecule has 1 saturated heterocycles. The van der Waals surface area contributed by atoms with Crippen molar-refractivity contribution in [1.82, 2.24) is 4.90 Å². The number of hydrogen-bond donors (Lipinski definition) is 0. The van der Waals surface area contributed by atoms with Gasteiger partial charge >= 0.3 is 6.09 Å². The molecule has 1 fully saturated rings. The number of rotatable bonds is 5. The van der Waals surface area contributed by atoms with Crippen LogP contribution >= 0.6 is 0 Å². The van der Waals surface area contributed by atoms with Gasteiger partial charge in [0.2, 0.25) is 0 Å². The highest BCUT2D eigenvalue weighted by Gasteiger charge is 2.51. The van der Waals surface area contributed by atoms with Crippen LogP contribution in [0.4, 0.5) is 4.79 Å². The molecule has 0 bridgehead atoms. The van der Waals surface area contributed by atoms with Crippen LogP contribution in [-0.2, 0) is 14.2 Å². The van der Waals surface area contributed by atoms with Crippen molar-refractivity contribution in [3.63, 3.8) is 0 Å². The molecule has 0 N–H and O–H groups in total. The molecule has 2 rings (SSSR count). The fourth-order valence-corrected chi connectivity index (χ4v) is 2.66. The second-order valence-electron chi connectivity index (χ2n) is 5.34. The molecular formula is C15H21NO4. The number of ether oxygens (including phenoxy) is 3. The third-order valence-electron chi connectivity index (χ3n) is 3.50. The Morgan fingerprint density at radius 1 is 1.30 bits per heavy atom. The molecule has 0 spiro atoms. The van der Waals surface area contributed by atoms with Crippen molar-refractivity contribution in [2.45, 2.75) is 31.7 Å². The van der Waals surface area contributed by atoms with Gasteiger partial charge in [0, 0.05) is 14.2 Å². The Morgan fingerprint density at radius 3 is 2.50 bits per heavy atom. The predicted octanol–water partition coefficient (Wildman–Crippen LogP) is 2.58. The van der Waals surface area contributed by atoms with E-state index in [0.29, 0.717) is 6.61 Å². The zero-order valence-corrected chi connectivity index (χ0v) is 12.3. The van der Waals surface area contributed by atoms with Crippen molar-refractivity contribution in [3.05, 3.63) is 35.9 Å². The first kappa shape index (κ1) is 14.8. The SMILES string of the molecule is COCC(OC)N1C(=O)OC(C)(C)C1c1ccccc1. The number of benzene rings is 1. The van der Waals surface area contributed by atoms with Crippen LogP contribution in [0.1, 0.15) is 25.5 Å². The van der Waals surface area contributed by atoms with Crippen molar-refractivity contribution in [2.75, 3.05) is 20.8 Å². The predicted molar refractivity (Wildman–Crippen MR) is 74.3 cm³/mol.